The van der Waals surface area contributed by atoms with E-state index in [9.17, 15) is 32.3 Å². The molecule has 0 spiro atoms. The first-order valence-electron chi connectivity index (χ1n) is 11.0. The molecule has 2 aliphatic rings. The highest BCUT2D eigenvalue weighted by atomic mass is 19.4. The van der Waals surface area contributed by atoms with Crippen LogP contribution in [0.1, 0.15) is 46.9 Å². The Balaban J connectivity index is 1.48. The molecule has 1 atom stereocenters. The Hall–Kier alpha value is -3.89. The van der Waals surface area contributed by atoms with Crippen LogP contribution in [-0.2, 0) is 9.59 Å². The zero-order chi connectivity index (χ0) is 25.4. The van der Waals surface area contributed by atoms with Crippen LogP contribution < -0.4 is 15.5 Å². The molecular formula is C24H23F3N4O4. The number of para-hydroxylation sites is 2. The third kappa shape index (κ3) is 4.71. The van der Waals surface area contributed by atoms with Gasteiger partial charge in [0.05, 0.1) is 22.5 Å². The zero-order valence-electron chi connectivity index (χ0n) is 18.8. The Kier molecular flexibility index (Phi) is 6.27. The lowest BCUT2D eigenvalue weighted by Crippen LogP contribution is -2.62. The summed E-state index contributed by atoms with van der Waals surface area (Å²) in [6, 6.07) is 12.5. The van der Waals surface area contributed by atoms with Crippen molar-refractivity contribution in [2.45, 2.75) is 38.0 Å². The summed E-state index contributed by atoms with van der Waals surface area (Å²) < 4.78 is 37.4. The number of rotatable bonds is 6. The van der Waals surface area contributed by atoms with Crippen molar-refractivity contribution in [3.05, 3.63) is 59.7 Å². The highest BCUT2D eigenvalue weighted by molar-refractivity contribution is 6.10. The summed E-state index contributed by atoms with van der Waals surface area (Å²) >= 11 is 0. The van der Waals surface area contributed by atoms with Crippen molar-refractivity contribution in [1.82, 2.24) is 10.2 Å². The predicted molar refractivity (Wildman–Crippen MR) is 121 cm³/mol. The molecule has 0 aliphatic carbocycles. The lowest BCUT2D eigenvalue weighted by atomic mass is 9.98. The number of fused-ring (bicyclic) bond motifs is 3. The fraction of sp³-hybridized carbons (Fsp3) is 0.333. The van der Waals surface area contributed by atoms with Gasteiger partial charge < -0.3 is 15.5 Å². The molecule has 0 saturated carbocycles. The average Bonchev–Trinajstić information content (AvgIpc) is 3.12. The minimum absolute atomic E-state index is 0.00170. The quantitative estimate of drug-likeness (QED) is 0.652. The number of amides is 4. The van der Waals surface area contributed by atoms with Crippen LogP contribution in [0.5, 0.6) is 0 Å². The molecule has 184 valence electrons. The molecule has 2 aromatic rings. The molecule has 2 N–H and O–H groups in total. The fourth-order valence-electron chi connectivity index (χ4n) is 4.53. The van der Waals surface area contributed by atoms with E-state index in [1.165, 1.54) is 29.2 Å². The third-order valence-electron chi connectivity index (χ3n) is 6.20. The molecule has 2 aromatic carbocycles. The summed E-state index contributed by atoms with van der Waals surface area (Å²) in [5.74, 6) is -1.92. The number of alkyl halides is 3. The van der Waals surface area contributed by atoms with Crippen LogP contribution in [0.15, 0.2) is 48.5 Å². The van der Waals surface area contributed by atoms with E-state index < -0.39 is 30.2 Å². The van der Waals surface area contributed by atoms with E-state index in [1.807, 2.05) is 0 Å². The molecule has 1 saturated heterocycles. The van der Waals surface area contributed by atoms with Gasteiger partial charge in [0, 0.05) is 19.4 Å². The van der Waals surface area contributed by atoms with Crippen LogP contribution in [0.2, 0.25) is 0 Å². The molecule has 11 heteroatoms. The number of carbonyl (C=O) groups excluding carboxylic acids is 4. The van der Waals surface area contributed by atoms with Gasteiger partial charge in [-0.05, 0) is 37.6 Å². The minimum Gasteiger partial charge on any atom is -0.343 e. The standard InChI is InChI=1S/C24H23F3N4O4/c1-23-12-10-20(33)31(23)18-9-5-3-7-16(18)22(35)30(23)13-11-19(32)29-17-8-4-2-6-15(17)21(34)28-14-24(25,26)27/h2-9H,10-14H2,1H3,(H,28,34)(H,29,32). The lowest BCUT2D eigenvalue weighted by molar-refractivity contribution is -0.123. The monoisotopic (exact) mass is 488 g/mol. The van der Waals surface area contributed by atoms with Crippen molar-refractivity contribution in [3.8, 4) is 0 Å². The van der Waals surface area contributed by atoms with Crippen LogP contribution in [0.4, 0.5) is 24.5 Å². The van der Waals surface area contributed by atoms with Gasteiger partial charge in [-0.3, -0.25) is 24.1 Å². The van der Waals surface area contributed by atoms with Crippen molar-refractivity contribution < 1.29 is 32.3 Å². The number of carbonyl (C=O) groups is 4. The Morgan fingerprint density at radius 3 is 2.49 bits per heavy atom. The second-order valence-corrected chi connectivity index (χ2v) is 8.56. The summed E-state index contributed by atoms with van der Waals surface area (Å²) in [5.41, 5.74) is -0.0728. The van der Waals surface area contributed by atoms with Gasteiger partial charge in [0.2, 0.25) is 11.8 Å². The highest BCUT2D eigenvalue weighted by Gasteiger charge is 2.52. The average molecular weight is 488 g/mol. The van der Waals surface area contributed by atoms with E-state index in [4.69, 9.17) is 0 Å². The zero-order valence-corrected chi connectivity index (χ0v) is 18.8. The van der Waals surface area contributed by atoms with E-state index in [2.05, 4.69) is 5.32 Å². The SMILES string of the molecule is CC12CCC(=O)N1c1ccccc1C(=O)N2CCC(=O)Nc1ccccc1C(=O)NCC(F)(F)F. The largest absolute Gasteiger partial charge is 0.405 e. The van der Waals surface area contributed by atoms with E-state index in [0.717, 1.165) is 0 Å². The van der Waals surface area contributed by atoms with Gasteiger partial charge >= 0.3 is 6.18 Å². The predicted octanol–water partition coefficient (Wildman–Crippen LogP) is 3.31. The highest BCUT2D eigenvalue weighted by Crippen LogP contribution is 2.44. The second kappa shape index (κ2) is 9.05. The summed E-state index contributed by atoms with van der Waals surface area (Å²) in [7, 11) is 0. The van der Waals surface area contributed by atoms with Gasteiger partial charge in [-0.15, -0.1) is 0 Å². The first-order chi connectivity index (χ1) is 16.5. The molecule has 2 heterocycles. The maximum absolute atomic E-state index is 13.2. The first-order valence-corrected chi connectivity index (χ1v) is 11.0. The Morgan fingerprint density at radius 2 is 1.74 bits per heavy atom. The molecular weight excluding hydrogens is 465 g/mol. The molecule has 2 aliphatic heterocycles. The second-order valence-electron chi connectivity index (χ2n) is 8.56. The van der Waals surface area contributed by atoms with Crippen molar-refractivity contribution in [3.63, 3.8) is 0 Å². The van der Waals surface area contributed by atoms with E-state index in [-0.39, 0.29) is 42.5 Å². The molecule has 0 bridgehead atoms. The topological polar surface area (TPSA) is 98.8 Å². The fourth-order valence-corrected chi connectivity index (χ4v) is 4.53. The molecule has 1 unspecified atom stereocenters. The smallest absolute Gasteiger partial charge is 0.343 e. The normalized spacial score (nSPS) is 19.3. The van der Waals surface area contributed by atoms with E-state index in [1.54, 1.807) is 41.4 Å². The molecule has 8 nitrogen and oxygen atoms in total. The Morgan fingerprint density at radius 1 is 1.06 bits per heavy atom. The number of hydrogen-bond acceptors (Lipinski definition) is 4. The number of benzene rings is 2. The number of nitrogens with zero attached hydrogens (tertiary/aromatic N) is 2. The summed E-state index contributed by atoms with van der Waals surface area (Å²) in [6.07, 6.45) is -4.04. The van der Waals surface area contributed by atoms with Crippen molar-refractivity contribution >= 4 is 35.0 Å². The minimum atomic E-state index is -4.57. The lowest BCUT2D eigenvalue weighted by Gasteiger charge is -2.48. The third-order valence-corrected chi connectivity index (χ3v) is 6.20. The Bertz CT molecular complexity index is 1200. The molecule has 4 rings (SSSR count). The van der Waals surface area contributed by atoms with Gasteiger partial charge in [-0.1, -0.05) is 24.3 Å². The number of halogens is 3. The van der Waals surface area contributed by atoms with Crippen LogP contribution in [0.3, 0.4) is 0 Å². The van der Waals surface area contributed by atoms with Crippen molar-refractivity contribution in [2.75, 3.05) is 23.3 Å². The number of nitrogens with one attached hydrogen (secondary N) is 2. The number of hydrogen-bond donors (Lipinski definition) is 2. The Labute approximate surface area is 199 Å². The van der Waals surface area contributed by atoms with Gasteiger partial charge in [-0.2, -0.15) is 13.2 Å². The van der Waals surface area contributed by atoms with Crippen LogP contribution in [-0.4, -0.2) is 53.5 Å². The van der Waals surface area contributed by atoms with Crippen LogP contribution in [0.25, 0.3) is 0 Å². The summed E-state index contributed by atoms with van der Waals surface area (Å²) in [4.78, 5) is 53.9. The van der Waals surface area contributed by atoms with E-state index in [0.29, 0.717) is 17.7 Å². The molecule has 4 amide bonds. The van der Waals surface area contributed by atoms with Crippen LogP contribution in [0, 0.1) is 0 Å². The molecule has 0 radical (unpaired) electrons. The van der Waals surface area contributed by atoms with Crippen molar-refractivity contribution in [1.29, 1.82) is 0 Å². The summed E-state index contributed by atoms with van der Waals surface area (Å²) in [5, 5.41) is 4.32. The van der Waals surface area contributed by atoms with Gasteiger partial charge in [0.15, 0.2) is 0 Å². The number of anilines is 2. The van der Waals surface area contributed by atoms with Crippen molar-refractivity contribution in [2.24, 2.45) is 0 Å². The van der Waals surface area contributed by atoms with Gasteiger partial charge in [0.25, 0.3) is 11.8 Å². The summed E-state index contributed by atoms with van der Waals surface area (Å²) in [6.45, 7) is 0.284. The molecule has 0 aromatic heterocycles. The van der Waals surface area contributed by atoms with Gasteiger partial charge in [-0.25, -0.2) is 0 Å². The molecule has 35 heavy (non-hydrogen) atoms. The van der Waals surface area contributed by atoms with E-state index >= 15 is 0 Å². The molecule has 1 fully saturated rings. The van der Waals surface area contributed by atoms with Crippen LogP contribution >= 0.6 is 0 Å². The van der Waals surface area contributed by atoms with Gasteiger partial charge in [0.1, 0.15) is 12.2 Å². The maximum Gasteiger partial charge on any atom is 0.405 e. The first kappa shape index (κ1) is 24.2. The maximum atomic E-state index is 13.2.